The number of hydrogen-bond acceptors (Lipinski definition) is 4. The van der Waals surface area contributed by atoms with Crippen molar-refractivity contribution in [1.82, 2.24) is 4.98 Å². The third-order valence-electron chi connectivity index (χ3n) is 3.73. The molecular weight excluding hydrogens is 280 g/mol. The molecule has 1 aliphatic rings. The molecule has 0 spiro atoms. The Morgan fingerprint density at radius 3 is 3.10 bits per heavy atom. The van der Waals surface area contributed by atoms with Crippen molar-refractivity contribution in [3.8, 4) is 16.3 Å². The lowest BCUT2D eigenvalue weighted by atomic mass is 10.1. The monoisotopic (exact) mass is 296 g/mol. The van der Waals surface area contributed by atoms with E-state index in [0.717, 1.165) is 29.2 Å². The first-order valence-electron chi connectivity index (χ1n) is 7.24. The zero-order chi connectivity index (χ0) is 14.2. The minimum atomic E-state index is 0.689. The topological polar surface area (TPSA) is 34.1 Å². The van der Waals surface area contributed by atoms with Crippen molar-refractivity contribution >= 4 is 27.2 Å². The average Bonchev–Trinajstić information content (AvgIpc) is 3.12. The van der Waals surface area contributed by atoms with Crippen LogP contribution in [0.1, 0.15) is 12.5 Å². The summed E-state index contributed by atoms with van der Waals surface area (Å²) in [6.45, 7) is 3.73. The van der Waals surface area contributed by atoms with Gasteiger partial charge in [0.1, 0.15) is 10.8 Å². The molecule has 2 heterocycles. The molecule has 0 amide bonds. The molecule has 0 unspecified atom stereocenters. The van der Waals surface area contributed by atoms with Crippen molar-refractivity contribution in [3.63, 3.8) is 0 Å². The van der Waals surface area contributed by atoms with E-state index in [1.165, 1.54) is 21.5 Å². The highest BCUT2D eigenvalue weighted by atomic mass is 32.1. The number of benzene rings is 2. The van der Waals surface area contributed by atoms with Gasteiger partial charge in [0.05, 0.1) is 16.8 Å². The third kappa shape index (κ3) is 2.25. The van der Waals surface area contributed by atoms with Crippen molar-refractivity contribution in [2.45, 2.75) is 13.3 Å². The molecule has 1 aromatic heterocycles. The largest absolute Gasteiger partial charge is 0.494 e. The van der Waals surface area contributed by atoms with Crippen LogP contribution in [-0.4, -0.2) is 18.1 Å². The lowest BCUT2D eigenvalue weighted by Gasteiger charge is -2.01. The van der Waals surface area contributed by atoms with E-state index in [9.17, 15) is 0 Å². The molecule has 106 valence electrons. The number of fused-ring (bicyclic) bond motifs is 2. The van der Waals surface area contributed by atoms with Crippen LogP contribution in [0.25, 0.3) is 20.8 Å². The molecule has 0 aliphatic carbocycles. The van der Waals surface area contributed by atoms with Crippen LogP contribution in [-0.2, 0) is 6.42 Å². The van der Waals surface area contributed by atoms with Crippen LogP contribution in [0.3, 0.4) is 0 Å². The van der Waals surface area contributed by atoms with Crippen LogP contribution in [0.2, 0.25) is 0 Å². The maximum absolute atomic E-state index is 5.56. The predicted octanol–water partition coefficient (Wildman–Crippen LogP) is 4.33. The number of nitrogens with zero attached hydrogens (tertiary/aromatic N) is 1. The van der Waals surface area contributed by atoms with Crippen molar-refractivity contribution in [2.24, 2.45) is 0 Å². The molecular formula is C17H16N2OS. The standard InChI is InChI=1S/C17H16N2OS/c1-2-20-13-4-6-15-16(10-13)21-17(19-15)12-3-5-14-11(9-12)7-8-18-14/h3-6,9-10,18H,2,7-8H2,1H3. The molecule has 4 heteroatoms. The van der Waals surface area contributed by atoms with Gasteiger partial charge in [0.15, 0.2) is 0 Å². The molecule has 0 saturated carbocycles. The minimum absolute atomic E-state index is 0.689. The Labute approximate surface area is 127 Å². The fraction of sp³-hybridized carbons (Fsp3) is 0.235. The average molecular weight is 296 g/mol. The number of anilines is 1. The molecule has 0 radical (unpaired) electrons. The molecule has 0 saturated heterocycles. The van der Waals surface area contributed by atoms with Gasteiger partial charge in [0.2, 0.25) is 0 Å². The van der Waals surface area contributed by atoms with E-state index in [2.05, 4.69) is 29.6 Å². The summed E-state index contributed by atoms with van der Waals surface area (Å²) in [4.78, 5) is 4.75. The van der Waals surface area contributed by atoms with Crippen molar-refractivity contribution in [3.05, 3.63) is 42.0 Å². The minimum Gasteiger partial charge on any atom is -0.494 e. The van der Waals surface area contributed by atoms with Crippen LogP contribution in [0, 0.1) is 0 Å². The Hall–Kier alpha value is -2.07. The second kappa shape index (κ2) is 5.04. The van der Waals surface area contributed by atoms with Gasteiger partial charge in [-0.05, 0) is 55.3 Å². The van der Waals surface area contributed by atoms with E-state index in [0.29, 0.717) is 6.61 Å². The zero-order valence-electron chi connectivity index (χ0n) is 11.8. The van der Waals surface area contributed by atoms with Crippen molar-refractivity contribution < 1.29 is 4.74 Å². The van der Waals surface area contributed by atoms with Crippen molar-refractivity contribution in [2.75, 3.05) is 18.5 Å². The molecule has 1 aliphatic heterocycles. The Bertz CT molecular complexity index is 810. The van der Waals surface area contributed by atoms with Crippen molar-refractivity contribution in [1.29, 1.82) is 0 Å². The maximum Gasteiger partial charge on any atom is 0.124 e. The predicted molar refractivity (Wildman–Crippen MR) is 88.4 cm³/mol. The summed E-state index contributed by atoms with van der Waals surface area (Å²) in [6, 6.07) is 12.7. The van der Waals surface area contributed by atoms with Gasteiger partial charge in [-0.1, -0.05) is 0 Å². The number of nitrogens with one attached hydrogen (secondary N) is 1. The molecule has 21 heavy (non-hydrogen) atoms. The number of thiazole rings is 1. The molecule has 2 aromatic carbocycles. The van der Waals surface area contributed by atoms with E-state index in [4.69, 9.17) is 9.72 Å². The van der Waals surface area contributed by atoms with E-state index >= 15 is 0 Å². The first-order valence-corrected chi connectivity index (χ1v) is 8.06. The molecule has 1 N–H and O–H groups in total. The maximum atomic E-state index is 5.56. The van der Waals surface area contributed by atoms with E-state index < -0.39 is 0 Å². The van der Waals surface area contributed by atoms with Gasteiger partial charge < -0.3 is 10.1 Å². The molecule has 4 rings (SSSR count). The molecule has 0 bridgehead atoms. The zero-order valence-corrected chi connectivity index (χ0v) is 12.7. The highest BCUT2D eigenvalue weighted by molar-refractivity contribution is 7.21. The Balaban J connectivity index is 1.76. The molecule has 3 nitrogen and oxygen atoms in total. The number of aromatic nitrogens is 1. The second-order valence-electron chi connectivity index (χ2n) is 5.13. The van der Waals surface area contributed by atoms with Gasteiger partial charge in [-0.2, -0.15) is 0 Å². The Morgan fingerprint density at radius 2 is 2.19 bits per heavy atom. The van der Waals surface area contributed by atoms with Crippen LogP contribution in [0.5, 0.6) is 5.75 Å². The summed E-state index contributed by atoms with van der Waals surface area (Å²) in [5.74, 6) is 0.915. The Kier molecular flexibility index (Phi) is 3.04. The molecule has 0 atom stereocenters. The van der Waals surface area contributed by atoms with Gasteiger partial charge in [0.25, 0.3) is 0 Å². The first-order chi connectivity index (χ1) is 10.3. The Morgan fingerprint density at radius 1 is 1.24 bits per heavy atom. The lowest BCUT2D eigenvalue weighted by molar-refractivity contribution is 0.341. The SMILES string of the molecule is CCOc1ccc2nc(-c3ccc4c(c3)CCN4)sc2c1. The summed E-state index contributed by atoms with van der Waals surface area (Å²) in [6.07, 6.45) is 1.10. The summed E-state index contributed by atoms with van der Waals surface area (Å²) < 4.78 is 6.74. The highest BCUT2D eigenvalue weighted by Crippen LogP contribution is 2.34. The summed E-state index contributed by atoms with van der Waals surface area (Å²) in [5, 5.41) is 4.47. The summed E-state index contributed by atoms with van der Waals surface area (Å²) >= 11 is 1.72. The summed E-state index contributed by atoms with van der Waals surface area (Å²) in [5.41, 5.74) is 4.90. The fourth-order valence-corrected chi connectivity index (χ4v) is 3.71. The first kappa shape index (κ1) is 12.7. The second-order valence-corrected chi connectivity index (χ2v) is 6.16. The van der Waals surface area contributed by atoms with Crippen LogP contribution in [0.15, 0.2) is 36.4 Å². The van der Waals surface area contributed by atoms with Gasteiger partial charge in [0, 0.05) is 17.8 Å². The number of ether oxygens (including phenoxy) is 1. The summed E-state index contributed by atoms with van der Waals surface area (Å²) in [7, 11) is 0. The van der Waals surface area contributed by atoms with E-state index in [1.54, 1.807) is 11.3 Å². The third-order valence-corrected chi connectivity index (χ3v) is 4.80. The van der Waals surface area contributed by atoms with Gasteiger partial charge in [-0.3, -0.25) is 0 Å². The van der Waals surface area contributed by atoms with Crippen LogP contribution >= 0.6 is 11.3 Å². The van der Waals surface area contributed by atoms with Crippen LogP contribution in [0.4, 0.5) is 5.69 Å². The van der Waals surface area contributed by atoms with E-state index in [-0.39, 0.29) is 0 Å². The smallest absolute Gasteiger partial charge is 0.124 e. The number of rotatable bonds is 3. The number of hydrogen-bond donors (Lipinski definition) is 1. The molecule has 3 aromatic rings. The normalized spacial score (nSPS) is 13.2. The van der Waals surface area contributed by atoms with Crippen LogP contribution < -0.4 is 10.1 Å². The van der Waals surface area contributed by atoms with Gasteiger partial charge in [-0.15, -0.1) is 11.3 Å². The van der Waals surface area contributed by atoms with Gasteiger partial charge >= 0.3 is 0 Å². The van der Waals surface area contributed by atoms with Gasteiger partial charge in [-0.25, -0.2) is 4.98 Å². The molecule has 0 fully saturated rings. The lowest BCUT2D eigenvalue weighted by Crippen LogP contribution is -1.90. The fourth-order valence-electron chi connectivity index (χ4n) is 2.72. The highest BCUT2D eigenvalue weighted by Gasteiger charge is 2.13. The quantitative estimate of drug-likeness (QED) is 0.781. The van der Waals surface area contributed by atoms with E-state index in [1.807, 2.05) is 19.1 Å².